The van der Waals surface area contributed by atoms with E-state index in [0.29, 0.717) is 42.1 Å². The zero-order chi connectivity index (χ0) is 29.9. The lowest BCUT2D eigenvalue weighted by atomic mass is 10.0. The lowest BCUT2D eigenvalue weighted by Crippen LogP contribution is -2.59. The molecule has 0 unspecified atom stereocenters. The second-order valence-corrected chi connectivity index (χ2v) is 11.3. The maximum absolute atomic E-state index is 15.1. The second-order valence-electron chi connectivity index (χ2n) is 10.9. The summed E-state index contributed by atoms with van der Waals surface area (Å²) in [5.41, 5.74) is 2.14. The topological polar surface area (TPSA) is 104 Å². The summed E-state index contributed by atoms with van der Waals surface area (Å²) in [7, 11) is 0. The van der Waals surface area contributed by atoms with Gasteiger partial charge in [0.05, 0.1) is 33.3 Å². The number of phenolic OH excluding ortho intramolecular Hbond substituents is 1. The van der Waals surface area contributed by atoms with Gasteiger partial charge in [0.2, 0.25) is 5.91 Å². The van der Waals surface area contributed by atoms with Crippen molar-refractivity contribution < 1.29 is 14.3 Å². The third-order valence-corrected chi connectivity index (χ3v) is 8.13. The monoisotopic (exact) mass is 588 g/mol. The summed E-state index contributed by atoms with van der Waals surface area (Å²) >= 11 is 6.78. The Labute approximate surface area is 246 Å². The lowest BCUT2D eigenvalue weighted by molar-refractivity contribution is -0.118. The number of amides is 1. The Morgan fingerprint density at radius 1 is 1.19 bits per heavy atom. The summed E-state index contributed by atoms with van der Waals surface area (Å²) in [5.74, 6) is -1.37. The molecule has 0 radical (unpaired) electrons. The molecule has 216 valence electrons. The van der Waals surface area contributed by atoms with Gasteiger partial charge < -0.3 is 20.2 Å². The van der Waals surface area contributed by atoms with Gasteiger partial charge in [0, 0.05) is 31.2 Å². The molecule has 4 aromatic rings. The van der Waals surface area contributed by atoms with E-state index < -0.39 is 17.4 Å². The molecule has 1 saturated heterocycles. The molecule has 42 heavy (non-hydrogen) atoms. The Kier molecular flexibility index (Phi) is 6.89. The number of aryl methyl sites for hydroxylation is 1. The molecule has 2 aliphatic rings. The Morgan fingerprint density at radius 2 is 1.98 bits per heavy atom. The number of aromatic hydroxyl groups is 1. The van der Waals surface area contributed by atoms with E-state index in [1.807, 2.05) is 44.9 Å². The maximum Gasteiger partial charge on any atom is 0.282 e. The summed E-state index contributed by atoms with van der Waals surface area (Å²) in [6.07, 6.45) is 5.55. The molecule has 6 rings (SSSR count). The molecule has 1 amide bonds. The number of anilines is 2. The summed E-state index contributed by atoms with van der Waals surface area (Å²) in [6.45, 7) is 9.28. The van der Waals surface area contributed by atoms with Crippen LogP contribution in [0.3, 0.4) is 0 Å². The van der Waals surface area contributed by atoms with E-state index in [0.717, 1.165) is 5.56 Å². The molecule has 1 fully saturated rings. The fraction of sp³-hybridized carbons (Fsp3) is 0.290. The quantitative estimate of drug-likeness (QED) is 0.331. The number of pyridine rings is 3. The number of halogens is 2. The molecule has 2 N–H and O–H groups in total. The highest BCUT2D eigenvalue weighted by Crippen LogP contribution is 2.43. The highest BCUT2D eigenvalue weighted by molar-refractivity contribution is 6.34. The van der Waals surface area contributed by atoms with Crippen molar-refractivity contribution in [1.82, 2.24) is 19.4 Å². The molecule has 1 aromatic carbocycles. The fourth-order valence-corrected chi connectivity index (χ4v) is 6.19. The Balaban J connectivity index is 1.73. The van der Waals surface area contributed by atoms with Crippen molar-refractivity contribution in [3.63, 3.8) is 0 Å². The minimum atomic E-state index is -0.705. The number of piperazine rings is 1. The first-order valence-electron chi connectivity index (χ1n) is 13.8. The number of nitrogens with one attached hydrogen (secondary N) is 1. The number of rotatable bonds is 4. The molecule has 1 atom stereocenters. The van der Waals surface area contributed by atoms with Gasteiger partial charge in [-0.1, -0.05) is 37.6 Å². The maximum atomic E-state index is 15.1. The van der Waals surface area contributed by atoms with Gasteiger partial charge in [0.15, 0.2) is 5.65 Å². The van der Waals surface area contributed by atoms with Gasteiger partial charge in [-0.25, -0.2) is 9.37 Å². The van der Waals surface area contributed by atoms with Gasteiger partial charge in [0.25, 0.3) is 5.56 Å². The van der Waals surface area contributed by atoms with Crippen molar-refractivity contribution in [3.05, 3.63) is 81.3 Å². The number of fused-ring (bicyclic) bond motifs is 5. The molecule has 11 heteroatoms. The van der Waals surface area contributed by atoms with Crippen molar-refractivity contribution in [2.24, 2.45) is 0 Å². The molecule has 5 heterocycles. The average Bonchev–Trinajstić information content (AvgIpc) is 2.94. The van der Waals surface area contributed by atoms with E-state index in [1.54, 1.807) is 18.3 Å². The average molecular weight is 589 g/mol. The Morgan fingerprint density at radius 3 is 2.69 bits per heavy atom. The van der Waals surface area contributed by atoms with Crippen LogP contribution < -0.4 is 15.8 Å². The van der Waals surface area contributed by atoms with Gasteiger partial charge in [-0.3, -0.25) is 19.1 Å². The molecule has 9 nitrogen and oxygen atoms in total. The number of nitrogens with zero attached hydrogens (tertiary/aromatic N) is 5. The summed E-state index contributed by atoms with van der Waals surface area (Å²) < 4.78 is 16.5. The minimum absolute atomic E-state index is 0.00481. The highest BCUT2D eigenvalue weighted by Gasteiger charge is 2.40. The van der Waals surface area contributed by atoms with Crippen LogP contribution in [0, 0.1) is 12.7 Å². The number of allylic oxidation sites excluding steroid dienone is 1. The first-order chi connectivity index (χ1) is 20.1. The van der Waals surface area contributed by atoms with Crippen molar-refractivity contribution in [2.45, 2.75) is 39.7 Å². The van der Waals surface area contributed by atoms with Gasteiger partial charge in [0.1, 0.15) is 23.3 Å². The number of carbonyl (C=O) groups excluding carboxylic acids is 1. The van der Waals surface area contributed by atoms with Crippen LogP contribution in [0.2, 0.25) is 5.02 Å². The third-order valence-electron chi connectivity index (χ3n) is 7.84. The molecule has 0 aliphatic carbocycles. The van der Waals surface area contributed by atoms with Crippen LogP contribution in [-0.4, -0.2) is 56.1 Å². The van der Waals surface area contributed by atoms with E-state index in [1.165, 1.54) is 22.8 Å². The Bertz CT molecular complexity index is 1830. The van der Waals surface area contributed by atoms with Crippen LogP contribution in [0.25, 0.3) is 28.0 Å². The number of hydrogen-bond donors (Lipinski definition) is 2. The van der Waals surface area contributed by atoms with Crippen LogP contribution in [0.1, 0.15) is 37.9 Å². The fourth-order valence-electron chi connectivity index (χ4n) is 5.94. The zero-order valence-corrected chi connectivity index (χ0v) is 24.4. The smallest absolute Gasteiger partial charge is 0.282 e. The second kappa shape index (κ2) is 10.4. The molecule has 0 saturated carbocycles. The van der Waals surface area contributed by atoms with Crippen LogP contribution in [0.15, 0.2) is 53.6 Å². The van der Waals surface area contributed by atoms with Gasteiger partial charge >= 0.3 is 0 Å². The normalized spacial score (nSPS) is 16.7. The number of hydrogen-bond acceptors (Lipinski definition) is 7. The minimum Gasteiger partial charge on any atom is -0.507 e. The largest absolute Gasteiger partial charge is 0.507 e. The van der Waals surface area contributed by atoms with Crippen molar-refractivity contribution in [2.75, 3.05) is 29.9 Å². The van der Waals surface area contributed by atoms with E-state index in [2.05, 4.69) is 15.2 Å². The molecular formula is C31H30ClFN6O3. The van der Waals surface area contributed by atoms with Crippen molar-refractivity contribution in [3.8, 4) is 22.7 Å². The van der Waals surface area contributed by atoms with Crippen molar-refractivity contribution in [1.29, 1.82) is 0 Å². The zero-order valence-electron chi connectivity index (χ0n) is 23.7. The van der Waals surface area contributed by atoms with E-state index >= 15 is 4.39 Å². The molecule has 0 spiro atoms. The Hall–Kier alpha value is -4.44. The lowest BCUT2D eigenvalue weighted by Gasteiger charge is -2.45. The summed E-state index contributed by atoms with van der Waals surface area (Å²) in [5, 5.41) is 14.1. The standard InChI is InChI=1S/C31H30ClFN6O3/c1-5-11-37-12-13-38-21(15-37)30(41)36-26-28(38)18-14-19(32)25(23-20(33)7-6-8-22(23)40)35-29(18)39(31(26)42)27-17(4)9-10-34-24(27)16(2)3/h5-11,14,16,21,40H,12-13,15H2,1-4H3,(H,36,41)/t21-/m1/s1. The highest BCUT2D eigenvalue weighted by atomic mass is 35.5. The first kappa shape index (κ1) is 27.7. The number of phenols is 1. The number of aromatic nitrogens is 3. The van der Waals surface area contributed by atoms with E-state index in [9.17, 15) is 14.7 Å². The predicted molar refractivity (Wildman–Crippen MR) is 162 cm³/mol. The molecule has 0 bridgehead atoms. The van der Waals surface area contributed by atoms with Crippen LogP contribution in [0.5, 0.6) is 5.75 Å². The number of benzene rings is 1. The van der Waals surface area contributed by atoms with Crippen LogP contribution in [-0.2, 0) is 4.79 Å². The summed E-state index contributed by atoms with van der Waals surface area (Å²) in [6, 6.07) is 6.83. The van der Waals surface area contributed by atoms with Crippen molar-refractivity contribution >= 4 is 39.9 Å². The first-order valence-corrected chi connectivity index (χ1v) is 14.2. The van der Waals surface area contributed by atoms with Gasteiger partial charge in [-0.05, 0) is 55.8 Å². The third kappa shape index (κ3) is 4.28. The molecular weight excluding hydrogens is 559 g/mol. The van der Waals surface area contributed by atoms with Crippen LogP contribution in [0.4, 0.5) is 15.8 Å². The van der Waals surface area contributed by atoms with E-state index in [-0.39, 0.29) is 45.2 Å². The van der Waals surface area contributed by atoms with Gasteiger partial charge in [-0.2, -0.15) is 0 Å². The number of carbonyl (C=O) groups is 1. The molecule has 3 aromatic heterocycles. The van der Waals surface area contributed by atoms with Crippen LogP contribution >= 0.6 is 11.6 Å². The van der Waals surface area contributed by atoms with E-state index in [4.69, 9.17) is 16.6 Å². The summed E-state index contributed by atoms with van der Waals surface area (Å²) in [4.78, 5) is 41.3. The van der Waals surface area contributed by atoms with Gasteiger partial charge in [-0.15, -0.1) is 0 Å². The molecule has 2 aliphatic heterocycles. The predicted octanol–water partition coefficient (Wildman–Crippen LogP) is 5.35. The SMILES string of the molecule is CC=CN1CCN2c3c(c(=O)n(-c4c(C)ccnc4C(C)C)c4nc(-c5c(O)cccc5F)c(Cl)cc34)NC(=O)[C@H]2C1.